The average molecular weight is 315 g/mol. The van der Waals surface area contributed by atoms with Gasteiger partial charge in [-0.2, -0.15) is 10.2 Å². The van der Waals surface area contributed by atoms with E-state index < -0.39 is 5.56 Å². The predicted octanol–water partition coefficient (Wildman–Crippen LogP) is 0.776. The Balaban J connectivity index is 2.23. The number of aromatic nitrogens is 4. The van der Waals surface area contributed by atoms with Crippen molar-refractivity contribution in [2.75, 3.05) is 7.05 Å². The number of carbonyl (C=O) groups is 1. The number of carbonyl (C=O) groups excluding carboxylic acids is 1. The van der Waals surface area contributed by atoms with Gasteiger partial charge < -0.3 is 5.32 Å². The summed E-state index contributed by atoms with van der Waals surface area (Å²) in [6.07, 6.45) is 1.53. The lowest BCUT2D eigenvalue weighted by Gasteiger charge is -2.08. The van der Waals surface area contributed by atoms with E-state index in [0.717, 1.165) is 4.68 Å². The highest BCUT2D eigenvalue weighted by Gasteiger charge is 2.16. The van der Waals surface area contributed by atoms with Crippen molar-refractivity contribution in [2.45, 2.75) is 13.5 Å². The molecule has 23 heavy (non-hydrogen) atoms. The summed E-state index contributed by atoms with van der Waals surface area (Å²) < 4.78 is 15.6. The second-order valence-electron chi connectivity index (χ2n) is 5.02. The van der Waals surface area contributed by atoms with Gasteiger partial charge >= 0.3 is 0 Å². The first-order valence-corrected chi connectivity index (χ1v) is 6.93. The van der Waals surface area contributed by atoms with Crippen LogP contribution in [0.4, 0.5) is 4.39 Å². The van der Waals surface area contributed by atoms with Crippen molar-refractivity contribution in [1.82, 2.24) is 24.9 Å². The van der Waals surface area contributed by atoms with E-state index in [1.807, 2.05) is 0 Å². The fourth-order valence-electron chi connectivity index (χ4n) is 2.32. The summed E-state index contributed by atoms with van der Waals surface area (Å²) in [7, 11) is 1.49. The minimum absolute atomic E-state index is 0.180. The van der Waals surface area contributed by atoms with Crippen molar-refractivity contribution in [1.29, 1.82) is 0 Å². The highest BCUT2D eigenvalue weighted by molar-refractivity contribution is 5.82. The van der Waals surface area contributed by atoms with Gasteiger partial charge in [0.05, 0.1) is 17.6 Å². The average Bonchev–Trinajstić information content (AvgIpc) is 2.98. The molecule has 0 unspecified atom stereocenters. The number of halogens is 1. The Morgan fingerprint density at radius 1 is 1.30 bits per heavy atom. The van der Waals surface area contributed by atoms with Crippen LogP contribution in [0.25, 0.3) is 16.6 Å². The van der Waals surface area contributed by atoms with Gasteiger partial charge in [0.2, 0.25) is 5.91 Å². The maximum atomic E-state index is 13.1. The van der Waals surface area contributed by atoms with Crippen molar-refractivity contribution >= 4 is 16.8 Å². The lowest BCUT2D eigenvalue weighted by Crippen LogP contribution is -2.33. The van der Waals surface area contributed by atoms with Crippen molar-refractivity contribution in [3.63, 3.8) is 0 Å². The molecule has 2 heterocycles. The van der Waals surface area contributed by atoms with Gasteiger partial charge in [0.25, 0.3) is 5.56 Å². The second kappa shape index (κ2) is 5.64. The molecule has 0 bridgehead atoms. The summed E-state index contributed by atoms with van der Waals surface area (Å²) in [5.74, 6) is -0.703. The van der Waals surface area contributed by atoms with Crippen LogP contribution in [0.1, 0.15) is 5.69 Å². The van der Waals surface area contributed by atoms with E-state index in [4.69, 9.17) is 0 Å². The number of fused-ring (bicyclic) bond motifs is 1. The SMILES string of the molecule is CNC(=O)Cn1nc(C)c2cnn(-c3ccc(F)cc3)c2c1=O. The molecule has 8 heteroatoms. The van der Waals surface area contributed by atoms with Gasteiger partial charge in [-0.3, -0.25) is 9.59 Å². The van der Waals surface area contributed by atoms with E-state index in [1.54, 1.807) is 6.92 Å². The summed E-state index contributed by atoms with van der Waals surface area (Å²) >= 11 is 0. The molecule has 118 valence electrons. The number of nitrogens with zero attached hydrogens (tertiary/aromatic N) is 4. The number of hydrogen-bond donors (Lipinski definition) is 1. The lowest BCUT2D eigenvalue weighted by atomic mass is 10.2. The fraction of sp³-hybridized carbons (Fsp3) is 0.200. The number of amides is 1. The van der Waals surface area contributed by atoms with E-state index in [-0.39, 0.29) is 18.3 Å². The van der Waals surface area contributed by atoms with Gasteiger partial charge in [-0.05, 0) is 31.2 Å². The Hall–Kier alpha value is -3.03. The van der Waals surface area contributed by atoms with Crippen LogP contribution in [-0.2, 0) is 11.3 Å². The number of benzene rings is 1. The van der Waals surface area contributed by atoms with E-state index in [9.17, 15) is 14.0 Å². The number of hydrogen-bond acceptors (Lipinski definition) is 4. The van der Waals surface area contributed by atoms with Crippen LogP contribution >= 0.6 is 0 Å². The van der Waals surface area contributed by atoms with E-state index in [0.29, 0.717) is 22.3 Å². The summed E-state index contributed by atoms with van der Waals surface area (Å²) in [6.45, 7) is 1.56. The number of rotatable bonds is 3. The van der Waals surface area contributed by atoms with Crippen molar-refractivity contribution in [3.8, 4) is 5.69 Å². The Kier molecular flexibility index (Phi) is 3.65. The summed E-state index contributed by atoms with van der Waals surface area (Å²) in [6, 6.07) is 5.64. The molecule has 0 atom stereocenters. The van der Waals surface area contributed by atoms with Crippen LogP contribution in [0.2, 0.25) is 0 Å². The van der Waals surface area contributed by atoms with Crippen LogP contribution in [0, 0.1) is 12.7 Å². The molecule has 0 aliphatic rings. The maximum absolute atomic E-state index is 13.1. The lowest BCUT2D eigenvalue weighted by molar-refractivity contribution is -0.121. The number of nitrogens with one attached hydrogen (secondary N) is 1. The van der Waals surface area contributed by atoms with Crippen LogP contribution in [0.5, 0.6) is 0 Å². The molecule has 3 rings (SSSR count). The van der Waals surface area contributed by atoms with Crippen LogP contribution in [-0.4, -0.2) is 32.5 Å². The van der Waals surface area contributed by atoms with Gasteiger partial charge in [0.15, 0.2) is 0 Å². The first kappa shape index (κ1) is 14.9. The smallest absolute Gasteiger partial charge is 0.293 e. The van der Waals surface area contributed by atoms with Gasteiger partial charge in [-0.1, -0.05) is 0 Å². The van der Waals surface area contributed by atoms with Gasteiger partial charge in [0.1, 0.15) is 17.9 Å². The van der Waals surface area contributed by atoms with Crippen LogP contribution in [0.15, 0.2) is 35.3 Å². The molecule has 0 saturated heterocycles. The Bertz CT molecular complexity index is 943. The molecule has 0 aliphatic heterocycles. The molecule has 7 nitrogen and oxygen atoms in total. The van der Waals surface area contributed by atoms with Crippen molar-refractivity contribution in [3.05, 3.63) is 52.3 Å². The van der Waals surface area contributed by atoms with E-state index >= 15 is 0 Å². The second-order valence-corrected chi connectivity index (χ2v) is 5.02. The number of likely N-dealkylation sites (N-methyl/N-ethyl adjacent to an activating group) is 1. The summed E-state index contributed by atoms with van der Waals surface area (Å²) in [5.41, 5.74) is 0.997. The zero-order chi connectivity index (χ0) is 16.6. The normalized spacial score (nSPS) is 10.9. The largest absolute Gasteiger partial charge is 0.358 e. The predicted molar refractivity (Wildman–Crippen MR) is 81.9 cm³/mol. The molecule has 0 saturated carbocycles. The third-order valence-electron chi connectivity index (χ3n) is 3.51. The third-order valence-corrected chi connectivity index (χ3v) is 3.51. The standard InChI is InChI=1S/C15H14FN5O2/c1-9-12-7-18-21(11-5-3-10(16)4-6-11)14(12)15(23)20(19-9)8-13(22)17-2/h3-7H,8H2,1-2H3,(H,17,22). The highest BCUT2D eigenvalue weighted by Crippen LogP contribution is 2.17. The zero-order valence-corrected chi connectivity index (χ0v) is 12.6. The molecule has 0 aliphatic carbocycles. The molecule has 3 aromatic rings. The molecule has 0 radical (unpaired) electrons. The number of aryl methyl sites for hydroxylation is 1. The molecule has 0 fully saturated rings. The van der Waals surface area contributed by atoms with Gasteiger partial charge in [-0.25, -0.2) is 13.8 Å². The fourth-order valence-corrected chi connectivity index (χ4v) is 2.32. The molecule has 1 N–H and O–H groups in total. The first-order chi connectivity index (χ1) is 11.0. The zero-order valence-electron chi connectivity index (χ0n) is 12.6. The first-order valence-electron chi connectivity index (χ1n) is 6.93. The third kappa shape index (κ3) is 2.59. The van der Waals surface area contributed by atoms with Crippen molar-refractivity contribution in [2.24, 2.45) is 0 Å². The minimum atomic E-state index is -0.434. The molecule has 1 amide bonds. The van der Waals surface area contributed by atoms with Crippen molar-refractivity contribution < 1.29 is 9.18 Å². The maximum Gasteiger partial charge on any atom is 0.293 e. The monoisotopic (exact) mass is 315 g/mol. The Morgan fingerprint density at radius 2 is 2.00 bits per heavy atom. The Morgan fingerprint density at radius 3 is 2.65 bits per heavy atom. The quantitative estimate of drug-likeness (QED) is 0.774. The molecule has 2 aromatic heterocycles. The molecular formula is C15H14FN5O2. The topological polar surface area (TPSA) is 81.8 Å². The minimum Gasteiger partial charge on any atom is -0.358 e. The van der Waals surface area contributed by atoms with Gasteiger partial charge in [-0.15, -0.1) is 0 Å². The molecule has 0 spiro atoms. The summed E-state index contributed by atoms with van der Waals surface area (Å²) in [5, 5.41) is 11.4. The van der Waals surface area contributed by atoms with Gasteiger partial charge in [0, 0.05) is 12.4 Å². The molecular weight excluding hydrogens is 301 g/mol. The Labute approximate surface area is 130 Å². The van der Waals surface area contributed by atoms with E-state index in [2.05, 4.69) is 15.5 Å². The van der Waals surface area contributed by atoms with Crippen LogP contribution < -0.4 is 10.9 Å². The summed E-state index contributed by atoms with van der Waals surface area (Å²) in [4.78, 5) is 24.2. The van der Waals surface area contributed by atoms with E-state index in [1.165, 1.54) is 42.2 Å². The highest BCUT2D eigenvalue weighted by atomic mass is 19.1. The van der Waals surface area contributed by atoms with Crippen LogP contribution in [0.3, 0.4) is 0 Å². The molecule has 1 aromatic carbocycles.